The summed E-state index contributed by atoms with van der Waals surface area (Å²) in [6.07, 6.45) is 1.75. The van der Waals surface area contributed by atoms with E-state index in [4.69, 9.17) is 9.47 Å². The second-order valence-electron chi connectivity index (χ2n) is 12.8. The summed E-state index contributed by atoms with van der Waals surface area (Å²) in [7, 11) is 1.49. The smallest absolute Gasteiger partial charge is 0.274 e. The molecular formula is C33H44N8O7. The fourth-order valence-electron chi connectivity index (χ4n) is 5.98. The molecule has 0 radical (unpaired) electrons. The average Bonchev–Trinajstić information content (AvgIpc) is 3.09. The Morgan fingerprint density at radius 3 is 2.46 bits per heavy atom. The molecule has 4 atom stereocenters. The lowest BCUT2D eigenvalue weighted by Crippen LogP contribution is -2.59. The van der Waals surface area contributed by atoms with Crippen LogP contribution in [0.4, 0.5) is 5.82 Å². The Bertz CT molecular complexity index is 1470. The van der Waals surface area contributed by atoms with E-state index in [1.807, 2.05) is 44.2 Å². The number of benzene rings is 1. The predicted octanol–water partition coefficient (Wildman–Crippen LogP) is -0.631. The van der Waals surface area contributed by atoms with Gasteiger partial charge in [0.25, 0.3) is 11.8 Å². The molecule has 5 amide bonds. The van der Waals surface area contributed by atoms with Gasteiger partial charge >= 0.3 is 0 Å². The number of aromatic nitrogens is 2. The van der Waals surface area contributed by atoms with Crippen LogP contribution in [0.2, 0.25) is 0 Å². The largest absolute Gasteiger partial charge is 0.378 e. The molecule has 0 unspecified atom stereocenters. The highest BCUT2D eigenvalue weighted by Gasteiger charge is 2.37. The van der Waals surface area contributed by atoms with Crippen molar-refractivity contribution in [1.82, 2.24) is 35.7 Å². The van der Waals surface area contributed by atoms with Gasteiger partial charge in [-0.15, -0.1) is 0 Å². The van der Waals surface area contributed by atoms with Crippen LogP contribution in [0.3, 0.4) is 0 Å². The van der Waals surface area contributed by atoms with Gasteiger partial charge in [-0.2, -0.15) is 0 Å². The van der Waals surface area contributed by atoms with Gasteiger partial charge in [0, 0.05) is 39.6 Å². The van der Waals surface area contributed by atoms with Crippen LogP contribution in [0.5, 0.6) is 0 Å². The Kier molecular flexibility index (Phi) is 11.5. The van der Waals surface area contributed by atoms with Crippen molar-refractivity contribution < 1.29 is 33.4 Å². The third-order valence-electron chi connectivity index (χ3n) is 8.44. The summed E-state index contributed by atoms with van der Waals surface area (Å²) in [6.45, 7) is 5.69. The number of likely N-dealkylation sites (N-methyl/N-ethyl adjacent to an activating group) is 1. The van der Waals surface area contributed by atoms with Crippen LogP contribution in [0.1, 0.15) is 36.3 Å². The number of hydrogen-bond acceptors (Lipinski definition) is 10. The molecule has 3 N–H and O–H groups in total. The van der Waals surface area contributed by atoms with E-state index in [1.165, 1.54) is 24.3 Å². The van der Waals surface area contributed by atoms with E-state index < -0.39 is 47.9 Å². The molecule has 4 heterocycles. The molecule has 1 aromatic carbocycles. The molecule has 2 bridgehead atoms. The fraction of sp³-hybridized carbons (Fsp3) is 0.545. The molecule has 0 aliphatic carbocycles. The van der Waals surface area contributed by atoms with Crippen LogP contribution in [-0.4, -0.2) is 133 Å². The maximum Gasteiger partial charge on any atom is 0.274 e. The standard InChI is InChI=1S/C33H44N8O7/c1-21(2)13-24-30(43)35-15-23-18-41(28-17-34-16-26(36-28)33(46)40-9-11-47-12-10-40)19-27(48-23)31(44)38-25(14-22-7-5-4-6-8-22)32(45)39(3)20-29(42)37-24/h4-8,16-17,21,23-25,27H,9-15,18-20H2,1-3H3,(H,35,43)(H,37,42)(H,38,44)/t23-,24+,25-,27-/m1/s1. The topological polar surface area (TPSA) is 175 Å². The Labute approximate surface area is 279 Å². The zero-order valence-corrected chi connectivity index (χ0v) is 27.6. The zero-order chi connectivity index (χ0) is 34.2. The van der Waals surface area contributed by atoms with Crippen molar-refractivity contribution in [3.8, 4) is 0 Å². The highest BCUT2D eigenvalue weighted by molar-refractivity contribution is 5.94. The molecule has 2 aromatic rings. The van der Waals surface area contributed by atoms with E-state index in [0.717, 1.165) is 5.56 Å². The highest BCUT2D eigenvalue weighted by atomic mass is 16.5. The number of morpholine rings is 2. The number of hydrogen-bond donors (Lipinski definition) is 3. The number of anilines is 1. The number of nitrogens with zero attached hydrogens (tertiary/aromatic N) is 5. The van der Waals surface area contributed by atoms with E-state index >= 15 is 0 Å². The second-order valence-corrected chi connectivity index (χ2v) is 12.8. The Morgan fingerprint density at radius 1 is 0.979 bits per heavy atom. The summed E-state index contributed by atoms with van der Waals surface area (Å²) in [5.41, 5.74) is 0.980. The first-order valence-electron chi connectivity index (χ1n) is 16.3. The molecule has 1 aromatic heterocycles. The van der Waals surface area contributed by atoms with Crippen LogP contribution in [0.25, 0.3) is 0 Å². The lowest BCUT2D eigenvalue weighted by Gasteiger charge is -2.38. The minimum Gasteiger partial charge on any atom is -0.378 e. The number of rotatable bonds is 6. The molecule has 0 saturated carbocycles. The van der Waals surface area contributed by atoms with Crippen molar-refractivity contribution in [3.05, 3.63) is 54.0 Å². The van der Waals surface area contributed by atoms with E-state index in [9.17, 15) is 24.0 Å². The minimum absolute atomic E-state index is 0.0374. The predicted molar refractivity (Wildman–Crippen MR) is 174 cm³/mol. The molecule has 15 heteroatoms. The first-order chi connectivity index (χ1) is 23.1. The van der Waals surface area contributed by atoms with Gasteiger partial charge in [0.1, 0.15) is 23.6 Å². The SMILES string of the molecule is CC(C)C[C@@H]1NC(=O)CN(C)C(=O)[C@@H](Cc2ccccc2)NC(=O)[C@H]2CN(c3cncc(C(=O)N4CCOCC4)n3)C[C@@H](CNC1=O)O2. The van der Waals surface area contributed by atoms with Crippen molar-refractivity contribution >= 4 is 35.4 Å². The van der Waals surface area contributed by atoms with Crippen molar-refractivity contribution in [2.75, 3.05) is 64.4 Å². The summed E-state index contributed by atoms with van der Waals surface area (Å²) < 4.78 is 11.6. The quantitative estimate of drug-likeness (QED) is 0.361. The zero-order valence-electron chi connectivity index (χ0n) is 27.6. The number of amides is 5. The Hall–Kier alpha value is -4.63. The van der Waals surface area contributed by atoms with E-state index in [2.05, 4.69) is 25.9 Å². The van der Waals surface area contributed by atoms with Gasteiger partial charge in [0.05, 0.1) is 44.8 Å². The van der Waals surface area contributed by atoms with E-state index in [-0.39, 0.29) is 50.1 Å². The average molecular weight is 665 g/mol. The van der Waals surface area contributed by atoms with Gasteiger partial charge in [0.15, 0.2) is 6.10 Å². The maximum atomic E-state index is 13.9. The Balaban J connectivity index is 1.44. The molecule has 0 spiro atoms. The maximum absolute atomic E-state index is 13.9. The highest BCUT2D eigenvalue weighted by Crippen LogP contribution is 2.20. The fourth-order valence-corrected chi connectivity index (χ4v) is 5.98. The molecule has 15 nitrogen and oxygen atoms in total. The monoisotopic (exact) mass is 664 g/mol. The summed E-state index contributed by atoms with van der Waals surface area (Å²) in [6, 6.07) is 7.42. The molecule has 3 aliphatic heterocycles. The third kappa shape index (κ3) is 9.04. The van der Waals surface area contributed by atoms with Crippen molar-refractivity contribution in [1.29, 1.82) is 0 Å². The summed E-state index contributed by atoms with van der Waals surface area (Å²) in [4.78, 5) is 80.8. The van der Waals surface area contributed by atoms with E-state index in [1.54, 1.807) is 9.80 Å². The normalized spacial score (nSPS) is 24.7. The Morgan fingerprint density at radius 2 is 1.73 bits per heavy atom. The molecule has 5 rings (SSSR count). The molecule has 3 aliphatic rings. The summed E-state index contributed by atoms with van der Waals surface area (Å²) in [5.74, 6) is -1.70. The molecular weight excluding hydrogens is 620 g/mol. The molecule has 3 saturated heterocycles. The van der Waals surface area contributed by atoms with Crippen LogP contribution >= 0.6 is 0 Å². The van der Waals surface area contributed by atoms with Gasteiger partial charge in [-0.05, 0) is 17.9 Å². The lowest BCUT2D eigenvalue weighted by molar-refractivity contribution is -0.143. The van der Waals surface area contributed by atoms with Gasteiger partial charge in [-0.3, -0.25) is 29.0 Å². The van der Waals surface area contributed by atoms with E-state index in [0.29, 0.717) is 38.5 Å². The van der Waals surface area contributed by atoms with Crippen molar-refractivity contribution in [3.63, 3.8) is 0 Å². The number of carbonyl (C=O) groups is 5. The molecule has 258 valence electrons. The minimum atomic E-state index is -1.06. The van der Waals surface area contributed by atoms with Crippen LogP contribution < -0.4 is 20.9 Å². The third-order valence-corrected chi connectivity index (χ3v) is 8.44. The van der Waals surface area contributed by atoms with Gasteiger partial charge in [0.2, 0.25) is 17.7 Å². The van der Waals surface area contributed by atoms with Gasteiger partial charge < -0.3 is 40.1 Å². The second kappa shape index (κ2) is 16.0. The first kappa shape index (κ1) is 34.7. The van der Waals surface area contributed by atoms with Crippen LogP contribution in [-0.2, 0) is 35.1 Å². The van der Waals surface area contributed by atoms with Gasteiger partial charge in [-0.1, -0.05) is 44.2 Å². The number of carbonyl (C=O) groups excluding carboxylic acids is 5. The number of ether oxygens (including phenoxy) is 2. The first-order valence-corrected chi connectivity index (χ1v) is 16.3. The molecule has 48 heavy (non-hydrogen) atoms. The number of nitrogens with one attached hydrogen (secondary N) is 3. The lowest BCUT2D eigenvalue weighted by atomic mass is 10.0. The number of fused-ring (bicyclic) bond motifs is 2. The summed E-state index contributed by atoms with van der Waals surface area (Å²) >= 11 is 0. The summed E-state index contributed by atoms with van der Waals surface area (Å²) in [5, 5.41) is 8.52. The van der Waals surface area contributed by atoms with Crippen molar-refractivity contribution in [2.45, 2.75) is 51.0 Å². The van der Waals surface area contributed by atoms with Crippen molar-refractivity contribution in [2.24, 2.45) is 5.92 Å². The van der Waals surface area contributed by atoms with Crippen LogP contribution in [0, 0.1) is 5.92 Å². The molecule has 3 fully saturated rings. The van der Waals surface area contributed by atoms with Crippen LogP contribution in [0.15, 0.2) is 42.7 Å². The van der Waals surface area contributed by atoms with Gasteiger partial charge in [-0.25, -0.2) is 4.98 Å².